The summed E-state index contributed by atoms with van der Waals surface area (Å²) in [7, 11) is 3.82. The minimum Gasteiger partial charge on any atom is -0.363 e. The van der Waals surface area contributed by atoms with E-state index in [9.17, 15) is 4.79 Å². The lowest BCUT2D eigenvalue weighted by molar-refractivity contribution is 0.0952. The van der Waals surface area contributed by atoms with Crippen LogP contribution in [0.4, 0.5) is 5.82 Å². The quantitative estimate of drug-likeness (QED) is 0.781. The van der Waals surface area contributed by atoms with Crippen LogP contribution in [0.25, 0.3) is 0 Å². The van der Waals surface area contributed by atoms with E-state index in [4.69, 9.17) is 5.73 Å². The number of amides is 1. The Kier molecular flexibility index (Phi) is 11.6. The molecule has 1 rings (SSSR count). The molecule has 5 nitrogen and oxygen atoms in total. The summed E-state index contributed by atoms with van der Waals surface area (Å²) in [4.78, 5) is 17.8. The van der Waals surface area contributed by atoms with Gasteiger partial charge in [0.05, 0.1) is 5.56 Å². The maximum Gasteiger partial charge on any atom is 0.252 e. The van der Waals surface area contributed by atoms with Crippen LogP contribution in [-0.4, -0.2) is 38.1 Å². The van der Waals surface area contributed by atoms with Crippen LogP contribution in [0.2, 0.25) is 0 Å². The average Bonchev–Trinajstić information content (AvgIpc) is 2.34. The van der Waals surface area contributed by atoms with E-state index >= 15 is 0 Å². The smallest absolute Gasteiger partial charge is 0.252 e. The zero-order valence-electron chi connectivity index (χ0n) is 11.3. The molecule has 0 aromatic carbocycles. The second kappa shape index (κ2) is 10.8. The van der Waals surface area contributed by atoms with E-state index in [0.29, 0.717) is 18.7 Å². The van der Waals surface area contributed by atoms with E-state index in [1.807, 2.05) is 25.1 Å². The zero-order chi connectivity index (χ0) is 12.7. The highest BCUT2D eigenvalue weighted by atomic mass is 35.5. The molecule has 1 heterocycles. The Morgan fingerprint density at radius 3 is 2.47 bits per heavy atom. The normalized spacial score (nSPS) is 9.00. The number of hydrogen-bond donors (Lipinski definition) is 2. The van der Waals surface area contributed by atoms with E-state index in [0.717, 1.165) is 18.7 Å². The monoisotopic (exact) mass is 308 g/mol. The van der Waals surface area contributed by atoms with Gasteiger partial charge in [-0.1, -0.05) is 0 Å². The van der Waals surface area contributed by atoms with Crippen LogP contribution in [0, 0.1) is 0 Å². The van der Waals surface area contributed by atoms with E-state index in [1.54, 1.807) is 12.3 Å². The molecule has 7 heteroatoms. The average molecular weight is 309 g/mol. The Morgan fingerprint density at radius 2 is 2.00 bits per heavy atom. The molecule has 19 heavy (non-hydrogen) atoms. The summed E-state index contributed by atoms with van der Waals surface area (Å²) in [6.45, 7) is 1.32. The Bertz CT molecular complexity index is 357. The molecule has 110 valence electrons. The summed E-state index contributed by atoms with van der Waals surface area (Å²) < 4.78 is 0. The van der Waals surface area contributed by atoms with Crippen molar-refractivity contribution in [2.75, 3.05) is 32.1 Å². The van der Waals surface area contributed by atoms with Crippen LogP contribution in [0.15, 0.2) is 18.3 Å². The number of nitrogens with two attached hydrogens (primary N) is 1. The minimum absolute atomic E-state index is 0. The van der Waals surface area contributed by atoms with Crippen molar-refractivity contribution < 1.29 is 4.79 Å². The molecule has 0 saturated carbocycles. The van der Waals surface area contributed by atoms with E-state index in [1.165, 1.54) is 0 Å². The number of carbonyl (C=O) groups is 1. The van der Waals surface area contributed by atoms with Gasteiger partial charge in [-0.05, 0) is 31.5 Å². The summed E-state index contributed by atoms with van der Waals surface area (Å²) >= 11 is 0. The number of pyridine rings is 1. The number of unbranched alkanes of at least 4 members (excludes halogenated alkanes) is 1. The number of halogens is 2. The molecule has 0 saturated heterocycles. The number of nitrogens with one attached hydrogen (secondary N) is 1. The largest absolute Gasteiger partial charge is 0.363 e. The molecule has 0 spiro atoms. The van der Waals surface area contributed by atoms with Gasteiger partial charge in [0, 0.05) is 26.8 Å². The Morgan fingerprint density at radius 1 is 1.32 bits per heavy atom. The molecule has 0 atom stereocenters. The molecule has 0 unspecified atom stereocenters. The molecule has 0 bridgehead atoms. The predicted octanol–water partition coefficient (Wildman–Crippen LogP) is 1.46. The maximum absolute atomic E-state index is 11.7. The van der Waals surface area contributed by atoms with Gasteiger partial charge in [0.2, 0.25) is 0 Å². The molecule has 0 aliphatic rings. The highest BCUT2D eigenvalue weighted by Gasteiger charge is 2.05. The summed E-state index contributed by atoms with van der Waals surface area (Å²) in [5, 5.41) is 2.83. The SMILES string of the molecule is CN(C)c1ccc(C(=O)NCCCCN)cn1.Cl.Cl. The molecule has 3 N–H and O–H groups in total. The molecular formula is C12H22Cl2N4O. The summed E-state index contributed by atoms with van der Waals surface area (Å²) in [5.74, 6) is 0.754. The number of anilines is 1. The molecular weight excluding hydrogens is 287 g/mol. The molecule has 1 amide bonds. The third-order valence-corrected chi connectivity index (χ3v) is 2.38. The lowest BCUT2D eigenvalue weighted by atomic mass is 10.2. The van der Waals surface area contributed by atoms with Crippen LogP contribution in [0.5, 0.6) is 0 Å². The van der Waals surface area contributed by atoms with Crippen molar-refractivity contribution in [1.29, 1.82) is 0 Å². The summed E-state index contributed by atoms with van der Waals surface area (Å²) in [6, 6.07) is 3.61. The van der Waals surface area contributed by atoms with Crippen molar-refractivity contribution in [1.82, 2.24) is 10.3 Å². The lowest BCUT2D eigenvalue weighted by Gasteiger charge is -2.11. The first-order valence-corrected chi connectivity index (χ1v) is 5.77. The number of aromatic nitrogens is 1. The first-order valence-electron chi connectivity index (χ1n) is 5.77. The van der Waals surface area contributed by atoms with E-state index in [2.05, 4.69) is 10.3 Å². The molecule has 0 radical (unpaired) electrons. The van der Waals surface area contributed by atoms with Gasteiger partial charge in [0.25, 0.3) is 5.91 Å². The van der Waals surface area contributed by atoms with Gasteiger partial charge in [-0.25, -0.2) is 4.98 Å². The summed E-state index contributed by atoms with van der Waals surface area (Å²) in [6.07, 6.45) is 3.43. The number of nitrogens with zero attached hydrogens (tertiary/aromatic N) is 2. The first-order chi connectivity index (χ1) is 8.15. The predicted molar refractivity (Wildman–Crippen MR) is 83.7 cm³/mol. The van der Waals surface area contributed by atoms with Gasteiger partial charge in [-0.2, -0.15) is 0 Å². The van der Waals surface area contributed by atoms with Crippen molar-refractivity contribution >= 4 is 36.5 Å². The van der Waals surface area contributed by atoms with Crippen LogP contribution in [-0.2, 0) is 0 Å². The third kappa shape index (κ3) is 7.20. The van der Waals surface area contributed by atoms with Gasteiger partial charge < -0.3 is 16.0 Å². The van der Waals surface area contributed by atoms with Gasteiger partial charge in [-0.3, -0.25) is 4.79 Å². The van der Waals surface area contributed by atoms with Gasteiger partial charge in [-0.15, -0.1) is 24.8 Å². The van der Waals surface area contributed by atoms with Crippen molar-refractivity contribution in [2.24, 2.45) is 5.73 Å². The highest BCUT2D eigenvalue weighted by Crippen LogP contribution is 2.07. The summed E-state index contributed by atoms with van der Waals surface area (Å²) in [5.41, 5.74) is 5.96. The first kappa shape index (κ1) is 20.3. The molecule has 1 aromatic heterocycles. The van der Waals surface area contributed by atoms with Crippen molar-refractivity contribution in [2.45, 2.75) is 12.8 Å². The van der Waals surface area contributed by atoms with E-state index in [-0.39, 0.29) is 30.7 Å². The number of rotatable bonds is 6. The van der Waals surface area contributed by atoms with Crippen LogP contribution in [0.3, 0.4) is 0 Å². The standard InChI is InChI=1S/C12H20N4O.2ClH/c1-16(2)11-6-5-10(9-15-11)12(17)14-8-4-3-7-13;;/h5-6,9H,3-4,7-8,13H2,1-2H3,(H,14,17);2*1H. The minimum atomic E-state index is -0.0835. The number of carbonyl (C=O) groups excluding carboxylic acids is 1. The molecule has 0 aliphatic carbocycles. The topological polar surface area (TPSA) is 71.2 Å². The van der Waals surface area contributed by atoms with Crippen LogP contribution >= 0.6 is 24.8 Å². The molecule has 1 aromatic rings. The lowest BCUT2D eigenvalue weighted by Crippen LogP contribution is -2.25. The van der Waals surface area contributed by atoms with Crippen molar-refractivity contribution in [3.8, 4) is 0 Å². The maximum atomic E-state index is 11.7. The fraction of sp³-hybridized carbons (Fsp3) is 0.500. The molecule has 0 fully saturated rings. The number of hydrogen-bond acceptors (Lipinski definition) is 4. The van der Waals surface area contributed by atoms with Gasteiger partial charge >= 0.3 is 0 Å². The third-order valence-electron chi connectivity index (χ3n) is 2.38. The fourth-order valence-corrected chi connectivity index (χ4v) is 1.36. The van der Waals surface area contributed by atoms with E-state index < -0.39 is 0 Å². The molecule has 0 aliphatic heterocycles. The van der Waals surface area contributed by atoms with Crippen LogP contribution in [0.1, 0.15) is 23.2 Å². The Balaban J connectivity index is 0. The second-order valence-corrected chi connectivity index (χ2v) is 4.05. The highest BCUT2D eigenvalue weighted by molar-refractivity contribution is 5.94. The van der Waals surface area contributed by atoms with Crippen molar-refractivity contribution in [3.05, 3.63) is 23.9 Å². The second-order valence-electron chi connectivity index (χ2n) is 4.05. The van der Waals surface area contributed by atoms with Crippen LogP contribution < -0.4 is 16.0 Å². The Labute approximate surface area is 126 Å². The van der Waals surface area contributed by atoms with Crippen molar-refractivity contribution in [3.63, 3.8) is 0 Å². The zero-order valence-corrected chi connectivity index (χ0v) is 12.9. The fourth-order valence-electron chi connectivity index (χ4n) is 1.36. The Hall–Kier alpha value is -1.04. The van der Waals surface area contributed by atoms with Gasteiger partial charge in [0.15, 0.2) is 0 Å². The van der Waals surface area contributed by atoms with Gasteiger partial charge in [0.1, 0.15) is 5.82 Å².